The van der Waals surface area contributed by atoms with Crippen LogP contribution >= 0.6 is 11.3 Å². The number of H-pyrrole nitrogens is 1. The van der Waals surface area contributed by atoms with Crippen LogP contribution in [-0.2, 0) is 6.54 Å². The summed E-state index contributed by atoms with van der Waals surface area (Å²) in [4.78, 5) is 34.7. The van der Waals surface area contributed by atoms with E-state index in [1.54, 1.807) is 25.8 Å². The number of hydrogen-bond acceptors (Lipinski definition) is 4. The molecule has 1 N–H and O–H groups in total. The number of benzene rings is 1. The molecule has 3 rings (SSSR count). The standard InChI is InChI=1S/C17H17N3O2S/c1-10-13-15(21)18-11(2)19-16(13)23-14(10)17(22)20(3)9-12-7-5-4-6-8-12/h4-8H,9H2,1-3H3,(H,18,19,21). The van der Waals surface area contributed by atoms with Gasteiger partial charge in [0.1, 0.15) is 10.7 Å². The third-order valence-electron chi connectivity index (χ3n) is 3.72. The fraction of sp³-hybridized carbons (Fsp3) is 0.235. The summed E-state index contributed by atoms with van der Waals surface area (Å²) in [5.41, 5.74) is 1.57. The number of nitrogens with one attached hydrogen (secondary N) is 1. The molecular formula is C17H17N3O2S. The third-order valence-corrected chi connectivity index (χ3v) is 4.90. The number of aromatic amines is 1. The van der Waals surface area contributed by atoms with Crippen molar-refractivity contribution in [2.75, 3.05) is 7.05 Å². The van der Waals surface area contributed by atoms with Gasteiger partial charge in [-0.1, -0.05) is 30.3 Å². The fourth-order valence-electron chi connectivity index (χ4n) is 2.56. The molecule has 118 valence electrons. The van der Waals surface area contributed by atoms with Crippen LogP contribution in [-0.4, -0.2) is 27.8 Å². The van der Waals surface area contributed by atoms with Gasteiger partial charge >= 0.3 is 0 Å². The Labute approximate surface area is 137 Å². The van der Waals surface area contributed by atoms with Gasteiger partial charge in [-0.25, -0.2) is 4.98 Å². The highest BCUT2D eigenvalue weighted by Crippen LogP contribution is 2.28. The van der Waals surface area contributed by atoms with Gasteiger partial charge < -0.3 is 9.88 Å². The van der Waals surface area contributed by atoms with E-state index in [2.05, 4.69) is 9.97 Å². The molecule has 2 aromatic heterocycles. The van der Waals surface area contributed by atoms with Crippen molar-refractivity contribution in [3.05, 3.63) is 62.5 Å². The second-order valence-corrected chi connectivity index (χ2v) is 6.53. The summed E-state index contributed by atoms with van der Waals surface area (Å²) in [5.74, 6) is 0.465. The van der Waals surface area contributed by atoms with Crippen LogP contribution in [0.5, 0.6) is 0 Å². The fourth-order valence-corrected chi connectivity index (χ4v) is 3.78. The molecule has 23 heavy (non-hydrogen) atoms. The molecule has 1 amide bonds. The lowest BCUT2D eigenvalue weighted by atomic mass is 10.2. The topological polar surface area (TPSA) is 66.1 Å². The Morgan fingerprint density at radius 3 is 2.65 bits per heavy atom. The van der Waals surface area contributed by atoms with E-state index < -0.39 is 0 Å². The van der Waals surface area contributed by atoms with Crippen LogP contribution in [0, 0.1) is 13.8 Å². The minimum Gasteiger partial charge on any atom is -0.337 e. The molecule has 0 aliphatic heterocycles. The lowest BCUT2D eigenvalue weighted by Gasteiger charge is -2.16. The number of amides is 1. The maximum absolute atomic E-state index is 12.7. The largest absolute Gasteiger partial charge is 0.337 e. The highest BCUT2D eigenvalue weighted by molar-refractivity contribution is 7.20. The van der Waals surface area contributed by atoms with Gasteiger partial charge in [-0.3, -0.25) is 9.59 Å². The van der Waals surface area contributed by atoms with Crippen molar-refractivity contribution in [2.45, 2.75) is 20.4 Å². The molecule has 3 aromatic rings. The SMILES string of the molecule is Cc1nc2sc(C(=O)N(C)Cc3ccccc3)c(C)c2c(=O)[nH]1. The third kappa shape index (κ3) is 2.90. The number of aryl methyl sites for hydroxylation is 2. The number of carbonyl (C=O) groups excluding carboxylic acids is 1. The summed E-state index contributed by atoms with van der Waals surface area (Å²) < 4.78 is 0. The van der Waals surface area contributed by atoms with Gasteiger partial charge in [0, 0.05) is 13.6 Å². The predicted octanol–water partition coefficient (Wildman–Crippen LogP) is 2.87. The van der Waals surface area contributed by atoms with Gasteiger partial charge in [-0.15, -0.1) is 11.3 Å². The van der Waals surface area contributed by atoms with Crippen molar-refractivity contribution in [1.29, 1.82) is 0 Å². The van der Waals surface area contributed by atoms with Crippen LogP contribution < -0.4 is 5.56 Å². The second kappa shape index (κ2) is 5.96. The Morgan fingerprint density at radius 1 is 1.26 bits per heavy atom. The molecule has 1 aromatic carbocycles. The summed E-state index contributed by atoms with van der Waals surface area (Å²) in [6, 6.07) is 9.81. The highest BCUT2D eigenvalue weighted by atomic mass is 32.1. The molecule has 0 saturated carbocycles. The Bertz CT molecular complexity index is 928. The molecule has 0 fully saturated rings. The minimum absolute atomic E-state index is 0.0913. The zero-order valence-electron chi connectivity index (χ0n) is 13.2. The average molecular weight is 327 g/mol. The molecule has 0 unspecified atom stereocenters. The van der Waals surface area contributed by atoms with Crippen LogP contribution in [0.25, 0.3) is 10.2 Å². The highest BCUT2D eigenvalue weighted by Gasteiger charge is 2.21. The average Bonchev–Trinajstić information content (AvgIpc) is 2.84. The number of thiophene rings is 1. The predicted molar refractivity (Wildman–Crippen MR) is 92.0 cm³/mol. The molecule has 0 radical (unpaired) electrons. The van der Waals surface area contributed by atoms with Crippen molar-refractivity contribution >= 4 is 27.5 Å². The molecule has 0 aliphatic carbocycles. The van der Waals surface area contributed by atoms with Crippen LogP contribution in [0.4, 0.5) is 0 Å². The maximum atomic E-state index is 12.7. The van der Waals surface area contributed by atoms with Gasteiger partial charge in [-0.05, 0) is 25.0 Å². The molecule has 0 aliphatic rings. The van der Waals surface area contributed by atoms with Crippen molar-refractivity contribution in [1.82, 2.24) is 14.9 Å². The lowest BCUT2D eigenvalue weighted by Crippen LogP contribution is -2.26. The first kappa shape index (κ1) is 15.4. The summed E-state index contributed by atoms with van der Waals surface area (Å²) in [5, 5.41) is 0.511. The van der Waals surface area contributed by atoms with Crippen LogP contribution in [0.15, 0.2) is 35.1 Å². The normalized spacial score (nSPS) is 10.9. The first-order chi connectivity index (χ1) is 11.0. The van der Waals surface area contributed by atoms with E-state index in [0.29, 0.717) is 33.0 Å². The summed E-state index contributed by atoms with van der Waals surface area (Å²) in [6.07, 6.45) is 0. The van der Waals surface area contributed by atoms with Crippen LogP contribution in [0.3, 0.4) is 0 Å². The Morgan fingerprint density at radius 2 is 1.96 bits per heavy atom. The van der Waals surface area contributed by atoms with Gasteiger partial charge in [0.15, 0.2) is 0 Å². The zero-order chi connectivity index (χ0) is 16.6. The van der Waals surface area contributed by atoms with Gasteiger partial charge in [0.05, 0.1) is 10.3 Å². The zero-order valence-corrected chi connectivity index (χ0v) is 14.0. The first-order valence-corrected chi connectivity index (χ1v) is 8.08. The molecule has 5 nitrogen and oxygen atoms in total. The van der Waals surface area contributed by atoms with Crippen molar-refractivity contribution in [3.63, 3.8) is 0 Å². The summed E-state index contributed by atoms with van der Waals surface area (Å²) in [6.45, 7) is 4.06. The molecule has 6 heteroatoms. The number of fused-ring (bicyclic) bond motifs is 1. The summed E-state index contributed by atoms with van der Waals surface area (Å²) in [7, 11) is 1.77. The minimum atomic E-state index is -0.189. The smallest absolute Gasteiger partial charge is 0.264 e. The van der Waals surface area contributed by atoms with Gasteiger partial charge in [-0.2, -0.15) is 0 Å². The van der Waals surface area contributed by atoms with Gasteiger partial charge in [0.25, 0.3) is 11.5 Å². The number of nitrogens with zero attached hydrogens (tertiary/aromatic N) is 2. The number of carbonyl (C=O) groups is 1. The summed E-state index contributed by atoms with van der Waals surface area (Å²) >= 11 is 1.28. The lowest BCUT2D eigenvalue weighted by molar-refractivity contribution is 0.0789. The molecular weight excluding hydrogens is 310 g/mol. The van der Waals surface area contributed by atoms with E-state index in [9.17, 15) is 9.59 Å². The first-order valence-electron chi connectivity index (χ1n) is 7.26. The molecule has 0 saturated heterocycles. The van der Waals surface area contributed by atoms with Gasteiger partial charge in [0.2, 0.25) is 0 Å². The molecule has 2 heterocycles. The Hall–Kier alpha value is -2.47. The van der Waals surface area contributed by atoms with Crippen molar-refractivity contribution in [3.8, 4) is 0 Å². The van der Waals surface area contributed by atoms with Crippen molar-refractivity contribution in [2.24, 2.45) is 0 Å². The van der Waals surface area contributed by atoms with E-state index in [1.165, 1.54) is 11.3 Å². The van der Waals surface area contributed by atoms with Crippen LogP contribution in [0.1, 0.15) is 26.6 Å². The van der Waals surface area contributed by atoms with E-state index in [1.807, 2.05) is 30.3 Å². The number of rotatable bonds is 3. The van der Waals surface area contributed by atoms with Crippen LogP contribution in [0.2, 0.25) is 0 Å². The Balaban J connectivity index is 1.96. The van der Waals surface area contributed by atoms with E-state index >= 15 is 0 Å². The number of hydrogen-bond donors (Lipinski definition) is 1. The van der Waals surface area contributed by atoms with E-state index in [0.717, 1.165) is 5.56 Å². The Kier molecular flexibility index (Phi) is 4.00. The maximum Gasteiger partial charge on any atom is 0.264 e. The number of aromatic nitrogens is 2. The quantitative estimate of drug-likeness (QED) is 0.804. The monoisotopic (exact) mass is 327 g/mol. The molecule has 0 spiro atoms. The van der Waals surface area contributed by atoms with E-state index in [-0.39, 0.29) is 11.5 Å². The van der Waals surface area contributed by atoms with E-state index in [4.69, 9.17) is 0 Å². The second-order valence-electron chi connectivity index (χ2n) is 5.53. The molecule has 0 bridgehead atoms. The molecule has 0 atom stereocenters. The van der Waals surface area contributed by atoms with Crippen molar-refractivity contribution < 1.29 is 4.79 Å².